The maximum absolute atomic E-state index is 12.1. The lowest BCUT2D eigenvalue weighted by molar-refractivity contribution is 0.0940. The van der Waals surface area contributed by atoms with E-state index in [0.717, 1.165) is 0 Å². The molecule has 0 atom stereocenters. The van der Waals surface area contributed by atoms with Gasteiger partial charge in [-0.25, -0.2) is 4.98 Å². The van der Waals surface area contributed by atoms with E-state index in [-0.39, 0.29) is 29.4 Å². The number of carbonyl (C=O) groups excluding carboxylic acids is 1. The summed E-state index contributed by atoms with van der Waals surface area (Å²) in [5.41, 5.74) is 0.642. The number of para-hydroxylation sites is 1. The molecule has 0 bridgehead atoms. The van der Waals surface area contributed by atoms with E-state index in [1.807, 2.05) is 0 Å². The lowest BCUT2D eigenvalue weighted by Gasteiger charge is -2.06. The van der Waals surface area contributed by atoms with Gasteiger partial charge in [0.15, 0.2) is 17.3 Å². The van der Waals surface area contributed by atoms with Gasteiger partial charge in [0, 0.05) is 6.54 Å². The maximum atomic E-state index is 12.1. The van der Waals surface area contributed by atoms with E-state index in [2.05, 4.69) is 15.3 Å². The summed E-state index contributed by atoms with van der Waals surface area (Å²) >= 11 is 0. The number of nitrogens with one attached hydrogen (secondary N) is 2. The molecule has 1 heterocycles. The number of fused-ring (bicyclic) bond motifs is 1. The first kappa shape index (κ1) is 14.6. The lowest BCUT2D eigenvalue weighted by Crippen LogP contribution is -2.27. The Balaban J connectivity index is 1.80. The van der Waals surface area contributed by atoms with Crippen LogP contribution in [-0.2, 0) is 6.54 Å². The van der Waals surface area contributed by atoms with Crippen LogP contribution in [0.5, 0.6) is 11.5 Å². The lowest BCUT2D eigenvalue weighted by atomic mass is 10.2. The third-order valence-electron chi connectivity index (χ3n) is 3.32. The van der Waals surface area contributed by atoms with Crippen molar-refractivity contribution in [3.05, 3.63) is 64.2 Å². The van der Waals surface area contributed by atoms with Crippen molar-refractivity contribution < 1.29 is 15.0 Å². The molecule has 3 rings (SSSR count). The van der Waals surface area contributed by atoms with Crippen LogP contribution in [0.1, 0.15) is 16.2 Å². The molecular weight excluding hydrogens is 298 g/mol. The summed E-state index contributed by atoms with van der Waals surface area (Å²) in [6.07, 6.45) is 0. The van der Waals surface area contributed by atoms with Gasteiger partial charge in [-0.3, -0.25) is 9.59 Å². The van der Waals surface area contributed by atoms with Crippen LogP contribution in [0.2, 0.25) is 0 Å². The summed E-state index contributed by atoms with van der Waals surface area (Å²) in [6, 6.07) is 11.0. The predicted octanol–water partition coefficient (Wildman–Crippen LogP) is 1.26. The SMILES string of the molecule is O=C(NCc1ccc(O)c(O)c1)c1nc2ccccc2c(=O)[nH]1. The van der Waals surface area contributed by atoms with E-state index in [4.69, 9.17) is 0 Å². The molecule has 4 N–H and O–H groups in total. The van der Waals surface area contributed by atoms with E-state index in [1.54, 1.807) is 30.3 Å². The molecule has 0 aliphatic heterocycles. The van der Waals surface area contributed by atoms with Crippen LogP contribution in [0.25, 0.3) is 10.9 Å². The van der Waals surface area contributed by atoms with Gasteiger partial charge in [0.25, 0.3) is 11.5 Å². The first-order valence-electron chi connectivity index (χ1n) is 6.83. The molecule has 116 valence electrons. The molecule has 0 radical (unpaired) electrons. The fourth-order valence-corrected chi connectivity index (χ4v) is 2.14. The highest BCUT2D eigenvalue weighted by atomic mass is 16.3. The Morgan fingerprint density at radius 3 is 2.70 bits per heavy atom. The Morgan fingerprint density at radius 2 is 1.91 bits per heavy atom. The molecule has 0 unspecified atom stereocenters. The minimum Gasteiger partial charge on any atom is -0.504 e. The van der Waals surface area contributed by atoms with Crippen LogP contribution in [0, 0.1) is 0 Å². The van der Waals surface area contributed by atoms with E-state index in [0.29, 0.717) is 16.5 Å². The van der Waals surface area contributed by atoms with Crippen LogP contribution >= 0.6 is 0 Å². The molecule has 0 aliphatic rings. The zero-order valence-corrected chi connectivity index (χ0v) is 11.9. The topological polar surface area (TPSA) is 115 Å². The van der Waals surface area contributed by atoms with Gasteiger partial charge in [-0.1, -0.05) is 18.2 Å². The van der Waals surface area contributed by atoms with E-state index in [9.17, 15) is 19.8 Å². The number of aromatic hydroxyl groups is 2. The highest BCUT2D eigenvalue weighted by Crippen LogP contribution is 2.24. The zero-order chi connectivity index (χ0) is 16.4. The average Bonchev–Trinajstić information content (AvgIpc) is 2.55. The summed E-state index contributed by atoms with van der Waals surface area (Å²) in [4.78, 5) is 30.6. The molecule has 3 aromatic rings. The van der Waals surface area contributed by atoms with Gasteiger partial charge in [0.2, 0.25) is 0 Å². The molecule has 0 spiro atoms. The standard InChI is InChI=1S/C16H13N3O4/c20-12-6-5-9(7-13(12)21)8-17-16(23)14-18-11-4-2-1-3-10(11)15(22)19-14/h1-7,20-21H,8H2,(H,17,23)(H,18,19,22). The molecule has 1 aromatic heterocycles. The molecular formula is C16H13N3O4. The number of phenols is 2. The molecule has 7 nitrogen and oxygen atoms in total. The third kappa shape index (κ3) is 2.98. The van der Waals surface area contributed by atoms with Crippen molar-refractivity contribution in [2.45, 2.75) is 6.54 Å². The van der Waals surface area contributed by atoms with Crippen molar-refractivity contribution in [3.8, 4) is 11.5 Å². The van der Waals surface area contributed by atoms with Gasteiger partial charge in [0.05, 0.1) is 10.9 Å². The monoisotopic (exact) mass is 311 g/mol. The minimum absolute atomic E-state index is 0.0864. The Bertz CT molecular complexity index is 949. The largest absolute Gasteiger partial charge is 0.504 e. The molecule has 0 aliphatic carbocycles. The summed E-state index contributed by atoms with van der Waals surface area (Å²) in [5, 5.41) is 21.7. The predicted molar refractivity (Wildman–Crippen MR) is 83.3 cm³/mol. The van der Waals surface area contributed by atoms with Crippen molar-refractivity contribution in [2.75, 3.05) is 0 Å². The third-order valence-corrected chi connectivity index (χ3v) is 3.32. The molecule has 1 amide bonds. The van der Waals surface area contributed by atoms with Crippen LogP contribution in [0.15, 0.2) is 47.3 Å². The van der Waals surface area contributed by atoms with Crippen molar-refractivity contribution in [2.24, 2.45) is 0 Å². The molecule has 23 heavy (non-hydrogen) atoms. The van der Waals surface area contributed by atoms with Gasteiger partial charge in [0.1, 0.15) is 0 Å². The summed E-state index contributed by atoms with van der Waals surface area (Å²) in [6.45, 7) is 0.114. The second-order valence-corrected chi connectivity index (χ2v) is 4.94. The Kier molecular flexibility index (Phi) is 3.68. The molecule has 7 heteroatoms. The molecule has 2 aromatic carbocycles. The fraction of sp³-hybridized carbons (Fsp3) is 0.0625. The number of hydrogen-bond acceptors (Lipinski definition) is 5. The highest BCUT2D eigenvalue weighted by Gasteiger charge is 2.11. The number of benzene rings is 2. The molecule has 0 saturated carbocycles. The van der Waals surface area contributed by atoms with Crippen LogP contribution in [-0.4, -0.2) is 26.1 Å². The quantitative estimate of drug-likeness (QED) is 0.544. The van der Waals surface area contributed by atoms with Gasteiger partial charge < -0.3 is 20.5 Å². The first-order valence-corrected chi connectivity index (χ1v) is 6.83. The average molecular weight is 311 g/mol. The van der Waals surface area contributed by atoms with E-state index >= 15 is 0 Å². The van der Waals surface area contributed by atoms with Gasteiger partial charge in [-0.05, 0) is 29.8 Å². The summed E-state index contributed by atoms with van der Waals surface area (Å²) in [5.74, 6) is -1.13. The normalized spacial score (nSPS) is 10.6. The summed E-state index contributed by atoms with van der Waals surface area (Å²) < 4.78 is 0. The number of carbonyl (C=O) groups is 1. The van der Waals surface area contributed by atoms with E-state index in [1.165, 1.54) is 12.1 Å². The van der Waals surface area contributed by atoms with Gasteiger partial charge in [-0.2, -0.15) is 0 Å². The van der Waals surface area contributed by atoms with Crippen LogP contribution in [0.3, 0.4) is 0 Å². The number of aromatic nitrogens is 2. The fourth-order valence-electron chi connectivity index (χ4n) is 2.14. The number of rotatable bonds is 3. The van der Waals surface area contributed by atoms with Gasteiger partial charge >= 0.3 is 0 Å². The van der Waals surface area contributed by atoms with Crippen molar-refractivity contribution >= 4 is 16.8 Å². The maximum Gasteiger partial charge on any atom is 0.287 e. The Hall–Kier alpha value is -3.35. The number of H-pyrrole nitrogens is 1. The molecule has 0 saturated heterocycles. The number of amides is 1. The summed E-state index contributed by atoms with van der Waals surface area (Å²) in [7, 11) is 0. The number of aromatic amines is 1. The second kappa shape index (κ2) is 5.80. The van der Waals surface area contributed by atoms with Gasteiger partial charge in [-0.15, -0.1) is 0 Å². The molecule has 0 fully saturated rings. The van der Waals surface area contributed by atoms with Crippen molar-refractivity contribution in [1.29, 1.82) is 0 Å². The zero-order valence-electron chi connectivity index (χ0n) is 11.9. The Morgan fingerprint density at radius 1 is 1.13 bits per heavy atom. The number of phenolic OH excluding ortho intramolecular Hbond substituents is 2. The smallest absolute Gasteiger partial charge is 0.287 e. The minimum atomic E-state index is -0.541. The first-order chi connectivity index (χ1) is 11.0. The second-order valence-electron chi connectivity index (χ2n) is 4.94. The van der Waals surface area contributed by atoms with E-state index < -0.39 is 5.91 Å². The van der Waals surface area contributed by atoms with Crippen molar-refractivity contribution in [1.82, 2.24) is 15.3 Å². The van der Waals surface area contributed by atoms with Crippen LogP contribution in [0.4, 0.5) is 0 Å². The number of nitrogens with zero attached hydrogens (tertiary/aromatic N) is 1. The Labute approximate surface area is 130 Å². The van der Waals surface area contributed by atoms with Crippen LogP contribution < -0.4 is 10.9 Å². The van der Waals surface area contributed by atoms with Crippen molar-refractivity contribution in [3.63, 3.8) is 0 Å². The number of hydrogen-bond donors (Lipinski definition) is 4. The highest BCUT2D eigenvalue weighted by molar-refractivity contribution is 5.92.